The zero-order chi connectivity index (χ0) is 11.8. The first kappa shape index (κ1) is 13.1. The van der Waals surface area contributed by atoms with Crippen LogP contribution < -0.4 is 5.32 Å². The molecule has 0 amide bonds. The number of aromatic nitrogens is 1. The SMILES string of the molecule is CCCNC(COCC)c1ccncc1C. The summed E-state index contributed by atoms with van der Waals surface area (Å²) in [6.07, 6.45) is 4.88. The molecule has 3 nitrogen and oxygen atoms in total. The van der Waals surface area contributed by atoms with Gasteiger partial charge in [-0.15, -0.1) is 0 Å². The molecule has 0 saturated heterocycles. The monoisotopic (exact) mass is 222 g/mol. The van der Waals surface area contributed by atoms with Crippen LogP contribution in [0.15, 0.2) is 18.5 Å². The molecule has 0 aliphatic carbocycles. The number of nitrogens with one attached hydrogen (secondary N) is 1. The first-order valence-electron chi connectivity index (χ1n) is 6.01. The van der Waals surface area contributed by atoms with Crippen LogP contribution in [-0.4, -0.2) is 24.7 Å². The van der Waals surface area contributed by atoms with Crippen molar-refractivity contribution in [2.45, 2.75) is 33.2 Å². The highest BCUT2D eigenvalue weighted by molar-refractivity contribution is 5.25. The first-order chi connectivity index (χ1) is 7.79. The Labute approximate surface area is 98.2 Å². The van der Waals surface area contributed by atoms with Crippen molar-refractivity contribution >= 4 is 0 Å². The second-order valence-corrected chi connectivity index (χ2v) is 3.90. The van der Waals surface area contributed by atoms with Crippen LogP contribution in [-0.2, 0) is 4.74 Å². The van der Waals surface area contributed by atoms with E-state index < -0.39 is 0 Å². The molecule has 1 rings (SSSR count). The van der Waals surface area contributed by atoms with Crippen LogP contribution in [0.5, 0.6) is 0 Å². The number of hydrogen-bond donors (Lipinski definition) is 1. The molecule has 1 heterocycles. The second-order valence-electron chi connectivity index (χ2n) is 3.90. The maximum absolute atomic E-state index is 5.52. The van der Waals surface area contributed by atoms with Crippen LogP contribution in [0.2, 0.25) is 0 Å². The Kier molecular flexibility index (Phi) is 6.04. The summed E-state index contributed by atoms with van der Waals surface area (Å²) in [5.41, 5.74) is 2.51. The molecule has 1 aromatic heterocycles. The third-order valence-corrected chi connectivity index (χ3v) is 2.57. The first-order valence-corrected chi connectivity index (χ1v) is 6.01. The number of pyridine rings is 1. The van der Waals surface area contributed by atoms with E-state index in [0.29, 0.717) is 0 Å². The summed E-state index contributed by atoms with van der Waals surface area (Å²) in [7, 11) is 0. The van der Waals surface area contributed by atoms with Gasteiger partial charge in [0.25, 0.3) is 0 Å². The van der Waals surface area contributed by atoms with E-state index in [1.807, 2.05) is 19.3 Å². The Hall–Kier alpha value is -0.930. The summed E-state index contributed by atoms with van der Waals surface area (Å²) < 4.78 is 5.52. The zero-order valence-electron chi connectivity index (χ0n) is 10.5. The van der Waals surface area contributed by atoms with Gasteiger partial charge in [-0.3, -0.25) is 4.98 Å². The lowest BCUT2D eigenvalue weighted by Gasteiger charge is -2.20. The van der Waals surface area contributed by atoms with E-state index in [9.17, 15) is 0 Å². The van der Waals surface area contributed by atoms with E-state index in [-0.39, 0.29) is 6.04 Å². The number of ether oxygens (including phenoxy) is 1. The van der Waals surface area contributed by atoms with Gasteiger partial charge >= 0.3 is 0 Å². The fourth-order valence-electron chi connectivity index (χ4n) is 1.69. The van der Waals surface area contributed by atoms with Gasteiger partial charge in [-0.05, 0) is 44.0 Å². The molecule has 1 atom stereocenters. The molecule has 90 valence electrons. The van der Waals surface area contributed by atoms with E-state index in [2.05, 4.69) is 30.2 Å². The zero-order valence-corrected chi connectivity index (χ0v) is 10.5. The Morgan fingerprint density at radius 2 is 2.25 bits per heavy atom. The summed E-state index contributed by atoms with van der Waals surface area (Å²) in [5, 5.41) is 3.51. The molecule has 0 radical (unpaired) electrons. The Morgan fingerprint density at radius 1 is 1.44 bits per heavy atom. The standard InChI is InChI=1S/C13H22N2O/c1-4-7-15-13(10-16-5-2)12-6-8-14-9-11(12)3/h6,8-9,13,15H,4-5,7,10H2,1-3H3. The molecule has 0 aliphatic heterocycles. The van der Waals surface area contributed by atoms with E-state index in [0.717, 1.165) is 26.2 Å². The van der Waals surface area contributed by atoms with Gasteiger partial charge in [-0.25, -0.2) is 0 Å². The summed E-state index contributed by atoms with van der Waals surface area (Å²) >= 11 is 0. The molecular formula is C13H22N2O. The Balaban J connectivity index is 2.70. The summed E-state index contributed by atoms with van der Waals surface area (Å²) in [5.74, 6) is 0. The molecular weight excluding hydrogens is 200 g/mol. The molecule has 1 N–H and O–H groups in total. The minimum Gasteiger partial charge on any atom is -0.380 e. The number of hydrogen-bond acceptors (Lipinski definition) is 3. The second kappa shape index (κ2) is 7.36. The van der Waals surface area contributed by atoms with Crippen molar-refractivity contribution in [2.24, 2.45) is 0 Å². The predicted molar refractivity (Wildman–Crippen MR) is 66.5 cm³/mol. The third-order valence-electron chi connectivity index (χ3n) is 2.57. The molecule has 0 saturated carbocycles. The van der Waals surface area contributed by atoms with E-state index in [1.54, 1.807) is 0 Å². The van der Waals surface area contributed by atoms with Crippen LogP contribution in [0, 0.1) is 6.92 Å². The van der Waals surface area contributed by atoms with Gasteiger partial charge in [-0.2, -0.15) is 0 Å². The van der Waals surface area contributed by atoms with Crippen LogP contribution in [0.4, 0.5) is 0 Å². The van der Waals surface area contributed by atoms with Crippen molar-refractivity contribution in [3.05, 3.63) is 29.6 Å². The highest BCUT2D eigenvalue weighted by Crippen LogP contribution is 2.16. The molecule has 1 unspecified atom stereocenters. The number of aryl methyl sites for hydroxylation is 1. The quantitative estimate of drug-likeness (QED) is 0.769. The number of nitrogens with zero attached hydrogens (tertiary/aromatic N) is 1. The predicted octanol–water partition coefficient (Wildman–Crippen LogP) is 2.47. The van der Waals surface area contributed by atoms with Gasteiger partial charge in [0, 0.05) is 19.0 Å². The Morgan fingerprint density at radius 3 is 2.88 bits per heavy atom. The minimum atomic E-state index is 0.280. The largest absolute Gasteiger partial charge is 0.380 e. The number of rotatable bonds is 7. The smallest absolute Gasteiger partial charge is 0.0661 e. The van der Waals surface area contributed by atoms with Gasteiger partial charge in [0.1, 0.15) is 0 Å². The fourth-order valence-corrected chi connectivity index (χ4v) is 1.69. The van der Waals surface area contributed by atoms with Gasteiger partial charge in [0.15, 0.2) is 0 Å². The lowest BCUT2D eigenvalue weighted by Crippen LogP contribution is -2.27. The van der Waals surface area contributed by atoms with Crippen molar-refractivity contribution in [1.82, 2.24) is 10.3 Å². The maximum Gasteiger partial charge on any atom is 0.0661 e. The lowest BCUT2D eigenvalue weighted by atomic mass is 10.0. The topological polar surface area (TPSA) is 34.1 Å². The molecule has 0 aromatic carbocycles. The van der Waals surface area contributed by atoms with Crippen LogP contribution in [0.3, 0.4) is 0 Å². The van der Waals surface area contributed by atoms with Crippen LogP contribution in [0.25, 0.3) is 0 Å². The van der Waals surface area contributed by atoms with Crippen molar-refractivity contribution < 1.29 is 4.74 Å². The highest BCUT2D eigenvalue weighted by atomic mass is 16.5. The summed E-state index contributed by atoms with van der Waals surface area (Å²) in [6, 6.07) is 2.35. The van der Waals surface area contributed by atoms with E-state index in [1.165, 1.54) is 11.1 Å². The Bertz CT molecular complexity index is 294. The molecule has 16 heavy (non-hydrogen) atoms. The molecule has 0 bridgehead atoms. The molecule has 0 spiro atoms. The summed E-state index contributed by atoms with van der Waals surface area (Å²) in [6.45, 7) is 8.78. The minimum absolute atomic E-state index is 0.280. The highest BCUT2D eigenvalue weighted by Gasteiger charge is 2.12. The van der Waals surface area contributed by atoms with Gasteiger partial charge in [0.05, 0.1) is 12.6 Å². The third kappa shape index (κ3) is 3.91. The van der Waals surface area contributed by atoms with E-state index >= 15 is 0 Å². The maximum atomic E-state index is 5.52. The van der Waals surface area contributed by atoms with Crippen LogP contribution in [0.1, 0.15) is 37.4 Å². The average molecular weight is 222 g/mol. The fraction of sp³-hybridized carbons (Fsp3) is 0.615. The summed E-state index contributed by atoms with van der Waals surface area (Å²) in [4.78, 5) is 4.12. The molecule has 3 heteroatoms. The normalized spacial score (nSPS) is 12.7. The lowest BCUT2D eigenvalue weighted by molar-refractivity contribution is 0.123. The molecule has 0 fully saturated rings. The average Bonchev–Trinajstić information content (AvgIpc) is 2.31. The van der Waals surface area contributed by atoms with Crippen molar-refractivity contribution in [1.29, 1.82) is 0 Å². The van der Waals surface area contributed by atoms with Crippen molar-refractivity contribution in [3.63, 3.8) is 0 Å². The van der Waals surface area contributed by atoms with Gasteiger partial charge < -0.3 is 10.1 Å². The van der Waals surface area contributed by atoms with Gasteiger partial charge in [-0.1, -0.05) is 6.92 Å². The molecule has 0 aliphatic rings. The van der Waals surface area contributed by atoms with E-state index in [4.69, 9.17) is 4.74 Å². The van der Waals surface area contributed by atoms with Gasteiger partial charge in [0.2, 0.25) is 0 Å². The van der Waals surface area contributed by atoms with Crippen molar-refractivity contribution in [3.8, 4) is 0 Å². The van der Waals surface area contributed by atoms with Crippen molar-refractivity contribution in [2.75, 3.05) is 19.8 Å². The van der Waals surface area contributed by atoms with Crippen LogP contribution >= 0.6 is 0 Å². The molecule has 1 aromatic rings.